The fourth-order valence-corrected chi connectivity index (χ4v) is 3.84. The van der Waals surface area contributed by atoms with Gasteiger partial charge in [-0.05, 0) is 42.2 Å². The van der Waals surface area contributed by atoms with E-state index in [0.29, 0.717) is 28.7 Å². The van der Waals surface area contributed by atoms with Crippen LogP contribution < -0.4 is 0 Å². The van der Waals surface area contributed by atoms with E-state index in [9.17, 15) is 13.2 Å². The van der Waals surface area contributed by atoms with E-state index < -0.39 is 17.5 Å². The predicted octanol–water partition coefficient (Wildman–Crippen LogP) is 5.33. The van der Waals surface area contributed by atoms with Crippen LogP contribution in [0.15, 0.2) is 55.1 Å². The predicted molar refractivity (Wildman–Crippen MR) is 111 cm³/mol. The third-order valence-corrected chi connectivity index (χ3v) is 5.29. The fraction of sp³-hybridized carbons (Fsp3) is 0.130. The first kappa shape index (κ1) is 19.2. The standard InChI is InChI=1S/C23H16F3N5/c1-12(5-19-22-23(29-10-27-19)30-11-28-22)17-8-13-3-2-4-18(26)21(13)31-20(17)14-6-15(24)9-16(25)7-14/h2-4,6-12H,5H2,1H3,(H,27,28,29,30)/t12-/m1/s1. The second-order valence-electron chi connectivity index (χ2n) is 7.42. The van der Waals surface area contributed by atoms with Crippen LogP contribution in [0.3, 0.4) is 0 Å². The Bertz CT molecular complexity index is 1410. The molecule has 0 aliphatic carbocycles. The molecule has 0 unspecified atom stereocenters. The number of nitrogens with zero attached hydrogens (tertiary/aromatic N) is 4. The zero-order chi connectivity index (χ0) is 21.5. The average molecular weight is 419 g/mol. The molecule has 0 fully saturated rings. The monoisotopic (exact) mass is 419 g/mol. The van der Waals surface area contributed by atoms with E-state index in [1.54, 1.807) is 18.5 Å². The van der Waals surface area contributed by atoms with Crippen LogP contribution in [0, 0.1) is 17.5 Å². The number of benzene rings is 2. The summed E-state index contributed by atoms with van der Waals surface area (Å²) >= 11 is 0. The van der Waals surface area contributed by atoms with Gasteiger partial charge in [-0.2, -0.15) is 0 Å². The second-order valence-corrected chi connectivity index (χ2v) is 7.42. The third kappa shape index (κ3) is 3.50. The largest absolute Gasteiger partial charge is 0.329 e. The van der Waals surface area contributed by atoms with E-state index >= 15 is 0 Å². The summed E-state index contributed by atoms with van der Waals surface area (Å²) in [6.07, 6.45) is 3.49. The quantitative estimate of drug-likeness (QED) is 0.428. The third-order valence-electron chi connectivity index (χ3n) is 5.29. The molecule has 0 saturated carbocycles. The fourth-order valence-electron chi connectivity index (χ4n) is 3.84. The number of pyridine rings is 1. The van der Waals surface area contributed by atoms with E-state index in [-0.39, 0.29) is 17.0 Å². The van der Waals surface area contributed by atoms with Gasteiger partial charge in [0.2, 0.25) is 0 Å². The lowest BCUT2D eigenvalue weighted by atomic mass is 9.90. The number of nitrogens with one attached hydrogen (secondary N) is 1. The molecule has 5 aromatic rings. The molecule has 0 bridgehead atoms. The molecule has 0 amide bonds. The number of hydrogen-bond donors (Lipinski definition) is 1. The van der Waals surface area contributed by atoms with Crippen molar-refractivity contribution < 1.29 is 13.2 Å². The Hall–Kier alpha value is -3.81. The van der Waals surface area contributed by atoms with Crippen molar-refractivity contribution in [1.29, 1.82) is 0 Å². The minimum atomic E-state index is -0.724. The first-order chi connectivity index (χ1) is 15.0. The first-order valence-electron chi connectivity index (χ1n) is 9.68. The molecule has 5 rings (SSSR count). The number of imidazole rings is 1. The minimum Gasteiger partial charge on any atom is -0.329 e. The van der Waals surface area contributed by atoms with Crippen LogP contribution in [-0.4, -0.2) is 24.9 Å². The van der Waals surface area contributed by atoms with Crippen molar-refractivity contribution in [2.75, 3.05) is 0 Å². The highest BCUT2D eigenvalue weighted by atomic mass is 19.1. The Kier molecular flexibility index (Phi) is 4.62. The van der Waals surface area contributed by atoms with Crippen LogP contribution in [0.5, 0.6) is 0 Å². The van der Waals surface area contributed by atoms with Gasteiger partial charge >= 0.3 is 0 Å². The molecular weight excluding hydrogens is 403 g/mol. The molecule has 8 heteroatoms. The molecule has 0 aliphatic rings. The van der Waals surface area contributed by atoms with Crippen molar-refractivity contribution in [3.63, 3.8) is 0 Å². The molecule has 2 aromatic carbocycles. The molecule has 0 radical (unpaired) electrons. The Morgan fingerprint density at radius 2 is 1.74 bits per heavy atom. The van der Waals surface area contributed by atoms with Gasteiger partial charge in [-0.3, -0.25) is 0 Å². The number of aromatic amines is 1. The highest BCUT2D eigenvalue weighted by Crippen LogP contribution is 2.34. The summed E-state index contributed by atoms with van der Waals surface area (Å²) in [6.45, 7) is 1.96. The van der Waals surface area contributed by atoms with Crippen LogP contribution in [-0.2, 0) is 6.42 Å². The van der Waals surface area contributed by atoms with Crippen molar-refractivity contribution in [3.8, 4) is 11.3 Å². The number of fused-ring (bicyclic) bond motifs is 2. The lowest BCUT2D eigenvalue weighted by molar-refractivity contribution is 0.584. The maximum absolute atomic E-state index is 14.4. The number of rotatable bonds is 4. The molecule has 0 aliphatic heterocycles. The summed E-state index contributed by atoms with van der Waals surface area (Å²) in [5.74, 6) is -2.10. The summed E-state index contributed by atoms with van der Waals surface area (Å²) in [4.78, 5) is 20.2. The summed E-state index contributed by atoms with van der Waals surface area (Å²) in [5, 5.41) is 0.607. The van der Waals surface area contributed by atoms with Gasteiger partial charge in [-0.1, -0.05) is 19.1 Å². The van der Waals surface area contributed by atoms with Gasteiger partial charge in [0.05, 0.1) is 17.7 Å². The lowest BCUT2D eigenvalue weighted by Gasteiger charge is -2.17. The van der Waals surface area contributed by atoms with Crippen LogP contribution in [0.1, 0.15) is 24.1 Å². The van der Waals surface area contributed by atoms with E-state index in [1.165, 1.54) is 24.5 Å². The summed E-state index contributed by atoms with van der Waals surface area (Å²) in [7, 11) is 0. The van der Waals surface area contributed by atoms with Gasteiger partial charge in [0.25, 0.3) is 0 Å². The Morgan fingerprint density at radius 3 is 2.55 bits per heavy atom. The number of hydrogen-bond acceptors (Lipinski definition) is 4. The maximum atomic E-state index is 14.4. The Morgan fingerprint density at radius 1 is 0.935 bits per heavy atom. The van der Waals surface area contributed by atoms with Gasteiger partial charge < -0.3 is 4.98 Å². The van der Waals surface area contributed by atoms with Gasteiger partial charge in [0.15, 0.2) is 5.65 Å². The van der Waals surface area contributed by atoms with E-state index in [1.807, 2.05) is 13.0 Å². The first-order valence-corrected chi connectivity index (χ1v) is 9.68. The van der Waals surface area contributed by atoms with Crippen LogP contribution >= 0.6 is 0 Å². The van der Waals surface area contributed by atoms with Crippen molar-refractivity contribution in [2.24, 2.45) is 0 Å². The molecule has 154 valence electrons. The average Bonchev–Trinajstić information content (AvgIpc) is 3.22. The number of para-hydroxylation sites is 1. The molecule has 1 atom stereocenters. The van der Waals surface area contributed by atoms with Gasteiger partial charge in [0.1, 0.15) is 34.8 Å². The molecule has 3 heterocycles. The molecule has 1 N–H and O–H groups in total. The van der Waals surface area contributed by atoms with Gasteiger partial charge in [-0.15, -0.1) is 0 Å². The lowest BCUT2D eigenvalue weighted by Crippen LogP contribution is -2.06. The topological polar surface area (TPSA) is 67.3 Å². The van der Waals surface area contributed by atoms with E-state index in [4.69, 9.17) is 0 Å². The Balaban J connectivity index is 1.68. The summed E-state index contributed by atoms with van der Waals surface area (Å²) < 4.78 is 42.3. The normalized spacial score (nSPS) is 12.5. The molecule has 0 spiro atoms. The van der Waals surface area contributed by atoms with Crippen molar-refractivity contribution >= 4 is 22.1 Å². The number of aromatic nitrogens is 5. The molecule has 31 heavy (non-hydrogen) atoms. The minimum absolute atomic E-state index is 0.148. The molecular formula is C23H16F3N5. The van der Waals surface area contributed by atoms with Gasteiger partial charge in [-0.25, -0.2) is 33.1 Å². The Labute approximate surface area is 175 Å². The second kappa shape index (κ2) is 7.46. The summed E-state index contributed by atoms with van der Waals surface area (Å²) in [6, 6.07) is 9.68. The molecule has 3 aromatic heterocycles. The van der Waals surface area contributed by atoms with Crippen LogP contribution in [0.2, 0.25) is 0 Å². The zero-order valence-corrected chi connectivity index (χ0v) is 16.4. The SMILES string of the molecule is C[C@H](Cc1ncnc2[nH]cnc12)c1cc2cccc(F)c2nc1-c1cc(F)cc(F)c1. The molecule has 0 saturated heterocycles. The van der Waals surface area contributed by atoms with Gasteiger partial charge in [0, 0.05) is 17.0 Å². The smallest absolute Gasteiger partial charge is 0.160 e. The highest BCUT2D eigenvalue weighted by molar-refractivity contribution is 5.84. The molecule has 5 nitrogen and oxygen atoms in total. The van der Waals surface area contributed by atoms with Crippen molar-refractivity contribution in [2.45, 2.75) is 19.3 Å². The number of halogens is 3. The zero-order valence-electron chi connectivity index (χ0n) is 16.4. The van der Waals surface area contributed by atoms with E-state index in [2.05, 4.69) is 24.9 Å². The van der Waals surface area contributed by atoms with Crippen LogP contribution in [0.4, 0.5) is 13.2 Å². The number of H-pyrrole nitrogens is 1. The van der Waals surface area contributed by atoms with Crippen molar-refractivity contribution in [1.82, 2.24) is 24.9 Å². The highest BCUT2D eigenvalue weighted by Gasteiger charge is 2.20. The van der Waals surface area contributed by atoms with Crippen LogP contribution in [0.25, 0.3) is 33.3 Å². The van der Waals surface area contributed by atoms with Crippen molar-refractivity contribution in [3.05, 3.63) is 83.8 Å². The van der Waals surface area contributed by atoms with E-state index in [0.717, 1.165) is 17.3 Å². The maximum Gasteiger partial charge on any atom is 0.160 e. The summed E-state index contributed by atoms with van der Waals surface area (Å²) in [5.41, 5.74) is 3.47.